The Morgan fingerprint density at radius 1 is 2.00 bits per heavy atom. The summed E-state index contributed by atoms with van der Waals surface area (Å²) in [4.78, 5) is 3.21. The molecule has 0 amide bonds. The third-order valence-electron chi connectivity index (χ3n) is 0.148. The zero-order valence-corrected chi connectivity index (χ0v) is 3.65. The molecule has 0 unspecified atom stereocenters. The van der Waals surface area contributed by atoms with Crippen LogP contribution in [0, 0.1) is 0 Å². The van der Waals surface area contributed by atoms with Crippen molar-refractivity contribution in [1.82, 2.24) is 0 Å². The van der Waals surface area contributed by atoms with E-state index in [9.17, 15) is 0 Å². The Labute approximate surface area is 32.5 Å². The molecule has 0 fully saturated rings. The number of nitrogens with two attached hydrogens (primary N) is 1. The van der Waals surface area contributed by atoms with Crippen LogP contribution < -0.4 is 5.84 Å². The summed E-state index contributed by atoms with van der Waals surface area (Å²) in [5.74, 6) is 6.29. The molecule has 0 bridgehead atoms. The fourth-order valence-corrected chi connectivity index (χ4v) is 0.141. The monoisotopic (exact) mass is 88.0 g/mol. The lowest BCUT2D eigenvalue weighted by molar-refractivity contribution is 1.30. The van der Waals surface area contributed by atoms with Gasteiger partial charge in [-0.15, -0.1) is 0 Å². The van der Waals surface area contributed by atoms with Crippen LogP contribution in [0.2, 0.25) is 0 Å². The van der Waals surface area contributed by atoms with E-state index < -0.39 is 0 Å². The molecule has 28 valence electrons. The van der Waals surface area contributed by atoms with Gasteiger partial charge in [-0.3, -0.25) is 0 Å². The van der Waals surface area contributed by atoms with Crippen LogP contribution in [-0.2, 0) is 0 Å². The maximum Gasteiger partial charge on any atom is 0.0529 e. The maximum absolute atomic E-state index is 4.68. The van der Waals surface area contributed by atoms with E-state index in [2.05, 4.69) is 17.3 Å². The van der Waals surface area contributed by atoms with Crippen molar-refractivity contribution in [1.29, 1.82) is 0 Å². The average molecular weight is 88.1 g/mol. The summed E-state index contributed by atoms with van der Waals surface area (Å²) < 4.78 is 0. The summed E-state index contributed by atoms with van der Waals surface area (Å²) in [6.07, 6.45) is 0. The predicted molar refractivity (Wildman–Crippen MR) is 23.7 cm³/mol. The molecule has 0 rings (SSSR count). The molecule has 0 atom stereocenters. The molecule has 2 N–H and O–H groups in total. The van der Waals surface area contributed by atoms with Gasteiger partial charge in [-0.2, -0.15) is 4.85 Å². The van der Waals surface area contributed by atoms with Gasteiger partial charge >= 0.3 is 0 Å². The van der Waals surface area contributed by atoms with Crippen molar-refractivity contribution < 1.29 is 0 Å². The van der Waals surface area contributed by atoms with Crippen LogP contribution in [0.4, 0.5) is 0 Å². The summed E-state index contributed by atoms with van der Waals surface area (Å²) in [5, 5.41) is 0. The zero-order valence-electron chi connectivity index (χ0n) is 2.76. The van der Waals surface area contributed by atoms with Crippen LogP contribution in [0.15, 0.2) is 17.3 Å². The van der Waals surface area contributed by atoms with Gasteiger partial charge in [0, 0.05) is 0 Å². The Hall–Kier alpha value is -0.200. The quantitative estimate of drug-likeness (QED) is 0.291. The largest absolute Gasteiger partial charge is 0.223 e. The van der Waals surface area contributed by atoms with Gasteiger partial charge in [0.1, 0.15) is 0 Å². The van der Waals surface area contributed by atoms with Crippen LogP contribution in [-0.4, -0.2) is 0 Å². The summed E-state index contributed by atoms with van der Waals surface area (Å²) in [6, 6.07) is 0. The number of hydrogen-bond acceptors (Lipinski definition) is 1. The van der Waals surface area contributed by atoms with E-state index >= 15 is 0 Å². The highest BCUT2D eigenvalue weighted by Gasteiger charge is 1.43. The van der Waals surface area contributed by atoms with Gasteiger partial charge in [-0.05, 0) is 5.82 Å². The molecule has 0 saturated carbocycles. The SMILES string of the molecule is C=CP=NN. The smallest absolute Gasteiger partial charge is 0.0529 e. The highest BCUT2D eigenvalue weighted by atomic mass is 31.1. The number of nitrogens with zero attached hydrogens (tertiary/aromatic N) is 1. The normalized spacial score (nSPS) is 9.00. The first-order chi connectivity index (χ1) is 2.41. The van der Waals surface area contributed by atoms with Gasteiger partial charge in [-0.25, -0.2) is 5.84 Å². The van der Waals surface area contributed by atoms with Gasteiger partial charge in [0.05, 0.1) is 8.37 Å². The molecule has 0 saturated heterocycles. The van der Waals surface area contributed by atoms with Crippen LogP contribution in [0.3, 0.4) is 0 Å². The third-order valence-corrected chi connectivity index (χ3v) is 0.445. The minimum Gasteiger partial charge on any atom is -0.223 e. The first kappa shape index (κ1) is 4.80. The Morgan fingerprint density at radius 3 is 2.60 bits per heavy atom. The molecule has 0 heterocycles. The minimum atomic E-state index is 0.747. The molecule has 0 aromatic heterocycles. The van der Waals surface area contributed by atoms with Crippen LogP contribution in [0.5, 0.6) is 0 Å². The molecule has 0 aliphatic heterocycles. The second-order valence-electron chi connectivity index (χ2n) is 0.414. The second kappa shape index (κ2) is 3.80. The fourth-order valence-electron chi connectivity index (χ4n) is 0.0471. The van der Waals surface area contributed by atoms with E-state index in [-0.39, 0.29) is 0 Å². The highest BCUT2D eigenvalue weighted by Crippen LogP contribution is 1.91. The highest BCUT2D eigenvalue weighted by molar-refractivity contribution is 7.30. The Balaban J connectivity index is 2.92. The van der Waals surface area contributed by atoms with Crippen molar-refractivity contribution in [2.75, 3.05) is 0 Å². The lowest BCUT2D eigenvalue weighted by Crippen LogP contribution is -1.66. The number of hydrogen-bond donors (Lipinski definition) is 1. The standard InChI is InChI=1S/C2H5N2P/c1-2-5-4-3/h2H,1,3H2. The summed E-state index contributed by atoms with van der Waals surface area (Å²) >= 11 is 0. The molecular weight excluding hydrogens is 83.0 g/mol. The molecule has 2 nitrogen and oxygen atoms in total. The summed E-state index contributed by atoms with van der Waals surface area (Å²) in [7, 11) is 0.747. The Bertz CT molecular complexity index is 49.6. The van der Waals surface area contributed by atoms with Crippen molar-refractivity contribution in [3.63, 3.8) is 0 Å². The first-order valence-corrected chi connectivity index (χ1v) is 2.04. The maximum atomic E-state index is 4.68. The van der Waals surface area contributed by atoms with Crippen molar-refractivity contribution in [2.24, 2.45) is 10.7 Å². The van der Waals surface area contributed by atoms with Crippen molar-refractivity contribution in [3.05, 3.63) is 12.4 Å². The average Bonchev–Trinajstić information content (AvgIpc) is 1.41. The van der Waals surface area contributed by atoms with E-state index in [1.807, 2.05) is 0 Å². The number of rotatable bonds is 1. The molecule has 0 radical (unpaired) electrons. The predicted octanol–water partition coefficient (Wildman–Crippen LogP) is 1.13. The molecule has 5 heavy (non-hydrogen) atoms. The molecule has 0 spiro atoms. The zero-order chi connectivity index (χ0) is 4.12. The van der Waals surface area contributed by atoms with Gasteiger partial charge in [-0.1, -0.05) is 6.58 Å². The molecule has 0 aromatic carbocycles. The van der Waals surface area contributed by atoms with Crippen molar-refractivity contribution >= 4 is 8.37 Å². The van der Waals surface area contributed by atoms with Crippen LogP contribution >= 0.6 is 8.37 Å². The summed E-state index contributed by atoms with van der Waals surface area (Å²) in [5.41, 5.74) is 0. The Kier molecular flexibility index (Phi) is 3.65. The second-order valence-corrected chi connectivity index (χ2v) is 1.24. The van der Waals surface area contributed by atoms with Crippen molar-refractivity contribution in [2.45, 2.75) is 0 Å². The topological polar surface area (TPSA) is 38.4 Å². The van der Waals surface area contributed by atoms with E-state index in [0.717, 1.165) is 8.37 Å². The minimum absolute atomic E-state index is 0.747. The molecule has 0 aromatic rings. The molecular formula is C2H5N2P. The summed E-state index contributed by atoms with van der Waals surface area (Å²) in [6.45, 7) is 3.36. The molecule has 3 heteroatoms. The third kappa shape index (κ3) is 3.80. The van der Waals surface area contributed by atoms with Gasteiger partial charge < -0.3 is 0 Å². The molecule has 0 aliphatic rings. The van der Waals surface area contributed by atoms with Gasteiger partial charge in [0.25, 0.3) is 0 Å². The lowest BCUT2D eigenvalue weighted by atomic mass is 11.3. The Morgan fingerprint density at radius 2 is 2.60 bits per heavy atom. The van der Waals surface area contributed by atoms with Crippen molar-refractivity contribution in [3.8, 4) is 0 Å². The molecule has 0 aliphatic carbocycles. The first-order valence-electron chi connectivity index (χ1n) is 1.12. The van der Waals surface area contributed by atoms with Gasteiger partial charge in [0.15, 0.2) is 0 Å². The van der Waals surface area contributed by atoms with Gasteiger partial charge in [0.2, 0.25) is 0 Å². The van der Waals surface area contributed by atoms with E-state index in [1.165, 1.54) is 0 Å². The van der Waals surface area contributed by atoms with Crippen LogP contribution in [0.1, 0.15) is 0 Å². The van der Waals surface area contributed by atoms with E-state index in [1.54, 1.807) is 5.82 Å². The van der Waals surface area contributed by atoms with E-state index in [4.69, 9.17) is 0 Å². The van der Waals surface area contributed by atoms with E-state index in [0.29, 0.717) is 0 Å². The van der Waals surface area contributed by atoms with Crippen LogP contribution in [0.25, 0.3) is 0 Å². The lowest BCUT2D eigenvalue weighted by Gasteiger charge is -1.56. The fraction of sp³-hybridized carbons (Fsp3) is 0.